The first-order chi connectivity index (χ1) is 13.8. The van der Waals surface area contributed by atoms with E-state index in [0.717, 1.165) is 17.7 Å². The predicted octanol–water partition coefficient (Wildman–Crippen LogP) is 5.60. The number of nitrogens with zero attached hydrogens (tertiary/aromatic N) is 2. The molecule has 0 saturated carbocycles. The Labute approximate surface area is 174 Å². The maximum atomic E-state index is 12.7. The zero-order chi connectivity index (χ0) is 21.0. The molecule has 0 aliphatic rings. The van der Waals surface area contributed by atoms with E-state index in [1.807, 2.05) is 0 Å². The van der Waals surface area contributed by atoms with Gasteiger partial charge in [-0.15, -0.1) is 11.3 Å². The van der Waals surface area contributed by atoms with Crippen LogP contribution in [0.5, 0.6) is 5.75 Å². The van der Waals surface area contributed by atoms with Crippen molar-refractivity contribution in [2.45, 2.75) is 19.4 Å². The van der Waals surface area contributed by atoms with Gasteiger partial charge in [-0.25, -0.2) is 4.98 Å². The minimum absolute atomic E-state index is 0.145. The maximum Gasteiger partial charge on any atom is 0.416 e. The molecular formula is C20H16ClF3N2O2S. The van der Waals surface area contributed by atoms with Crippen molar-refractivity contribution in [3.8, 4) is 16.3 Å². The normalized spacial score (nSPS) is 11.9. The first-order valence-corrected chi connectivity index (χ1v) is 9.63. The third-order valence-corrected chi connectivity index (χ3v) is 5.44. The average Bonchev–Trinajstić information content (AvgIpc) is 3.11. The number of ether oxygens (including phenoxy) is 1. The lowest BCUT2D eigenvalue weighted by Crippen LogP contribution is -2.03. The lowest BCUT2D eigenvalue weighted by atomic mass is 10.1. The molecule has 0 amide bonds. The number of hydrogen-bond acceptors (Lipinski definition) is 5. The molecule has 0 aliphatic heterocycles. The van der Waals surface area contributed by atoms with Gasteiger partial charge >= 0.3 is 6.18 Å². The Bertz CT molecular complexity index is 1020. The van der Waals surface area contributed by atoms with Crippen LogP contribution in [0.1, 0.15) is 21.7 Å². The maximum absolute atomic E-state index is 12.7. The monoisotopic (exact) mass is 440 g/mol. The summed E-state index contributed by atoms with van der Waals surface area (Å²) < 4.78 is 43.9. The molecule has 0 bridgehead atoms. The summed E-state index contributed by atoms with van der Waals surface area (Å²) in [6.45, 7) is -0.159. The van der Waals surface area contributed by atoms with E-state index in [1.165, 1.54) is 23.5 Å². The van der Waals surface area contributed by atoms with Crippen LogP contribution in [-0.2, 0) is 19.4 Å². The van der Waals surface area contributed by atoms with Crippen LogP contribution in [0.4, 0.5) is 13.2 Å². The molecule has 3 aromatic rings. The van der Waals surface area contributed by atoms with Gasteiger partial charge in [0, 0.05) is 24.4 Å². The van der Waals surface area contributed by atoms with Gasteiger partial charge in [0.1, 0.15) is 17.4 Å². The first-order valence-electron chi connectivity index (χ1n) is 8.43. The molecule has 1 aromatic heterocycles. The van der Waals surface area contributed by atoms with Crippen molar-refractivity contribution < 1.29 is 23.0 Å². The van der Waals surface area contributed by atoms with Crippen molar-refractivity contribution in [3.63, 3.8) is 0 Å². The molecule has 1 N–H and O–H groups in total. The molecule has 4 nitrogen and oxygen atoms in total. The average molecular weight is 441 g/mol. The molecular weight excluding hydrogens is 425 g/mol. The van der Waals surface area contributed by atoms with Gasteiger partial charge < -0.3 is 9.84 Å². The Morgan fingerprint density at radius 1 is 1.21 bits per heavy atom. The Balaban J connectivity index is 1.77. The van der Waals surface area contributed by atoms with Crippen LogP contribution in [0, 0.1) is 0 Å². The lowest BCUT2D eigenvalue weighted by molar-refractivity contribution is -0.137. The van der Waals surface area contributed by atoms with Crippen molar-refractivity contribution in [1.29, 1.82) is 0 Å². The fourth-order valence-electron chi connectivity index (χ4n) is 2.54. The standard InChI is InChI=1S/C20H16ClF3N2O2S/c1-25-9-13-4-7-15(8-16(13)21)28-11-18-17(10-27)26-19(29-18)12-2-5-14(6-3-12)20(22,23)24/h2-9,27H,10-11H2,1H3. The van der Waals surface area contributed by atoms with Gasteiger partial charge in [0.05, 0.1) is 27.8 Å². The summed E-state index contributed by atoms with van der Waals surface area (Å²) in [6.07, 6.45) is -2.76. The number of aliphatic hydroxyl groups is 1. The van der Waals surface area contributed by atoms with Crippen LogP contribution >= 0.6 is 22.9 Å². The van der Waals surface area contributed by atoms with E-state index in [1.54, 1.807) is 31.5 Å². The van der Waals surface area contributed by atoms with Crippen LogP contribution in [0.2, 0.25) is 5.02 Å². The number of alkyl halides is 3. The highest BCUT2D eigenvalue weighted by Crippen LogP contribution is 2.33. The van der Waals surface area contributed by atoms with E-state index < -0.39 is 11.7 Å². The number of thiazole rings is 1. The molecule has 29 heavy (non-hydrogen) atoms. The molecule has 0 fully saturated rings. The molecule has 0 aliphatic carbocycles. The van der Waals surface area contributed by atoms with Crippen molar-refractivity contribution in [3.05, 3.63) is 69.2 Å². The van der Waals surface area contributed by atoms with E-state index in [0.29, 0.717) is 31.9 Å². The summed E-state index contributed by atoms with van der Waals surface area (Å²) in [4.78, 5) is 8.92. The van der Waals surface area contributed by atoms with Gasteiger partial charge in [-0.3, -0.25) is 4.99 Å². The van der Waals surface area contributed by atoms with Gasteiger partial charge in [-0.2, -0.15) is 13.2 Å². The fraction of sp³-hybridized carbons (Fsp3) is 0.200. The second-order valence-electron chi connectivity index (χ2n) is 5.98. The number of aliphatic hydroxyl groups excluding tert-OH is 1. The summed E-state index contributed by atoms with van der Waals surface area (Å²) in [5, 5.41) is 10.6. The molecule has 1 heterocycles. The number of aliphatic imine (C=N–C) groups is 1. The SMILES string of the molecule is CN=Cc1ccc(OCc2sc(-c3ccc(C(F)(F)F)cc3)nc2CO)cc1Cl. The van der Waals surface area contributed by atoms with Gasteiger partial charge in [0.15, 0.2) is 0 Å². The topological polar surface area (TPSA) is 54.7 Å². The number of halogens is 4. The Morgan fingerprint density at radius 2 is 1.93 bits per heavy atom. The quantitative estimate of drug-likeness (QED) is 0.507. The van der Waals surface area contributed by atoms with Crippen LogP contribution in [-0.4, -0.2) is 23.4 Å². The molecule has 0 saturated heterocycles. The number of benzene rings is 2. The molecule has 0 unspecified atom stereocenters. The first kappa shape index (κ1) is 21.3. The molecule has 152 valence electrons. The van der Waals surface area contributed by atoms with E-state index in [-0.39, 0.29) is 13.2 Å². The van der Waals surface area contributed by atoms with Crippen molar-refractivity contribution in [1.82, 2.24) is 4.98 Å². The highest BCUT2D eigenvalue weighted by molar-refractivity contribution is 7.15. The molecule has 2 aromatic carbocycles. The van der Waals surface area contributed by atoms with Crippen LogP contribution < -0.4 is 4.74 Å². The van der Waals surface area contributed by atoms with E-state index in [4.69, 9.17) is 16.3 Å². The van der Waals surface area contributed by atoms with E-state index in [9.17, 15) is 18.3 Å². The van der Waals surface area contributed by atoms with Crippen molar-refractivity contribution in [2.24, 2.45) is 4.99 Å². The summed E-state index contributed by atoms with van der Waals surface area (Å²) in [6, 6.07) is 9.93. The largest absolute Gasteiger partial charge is 0.488 e. The number of rotatable bonds is 6. The minimum atomic E-state index is -4.39. The van der Waals surface area contributed by atoms with Crippen LogP contribution in [0.3, 0.4) is 0 Å². The second-order valence-corrected chi connectivity index (χ2v) is 7.47. The highest BCUT2D eigenvalue weighted by Gasteiger charge is 2.30. The number of aromatic nitrogens is 1. The zero-order valence-electron chi connectivity index (χ0n) is 15.2. The van der Waals surface area contributed by atoms with Gasteiger partial charge in [0.2, 0.25) is 0 Å². The number of hydrogen-bond donors (Lipinski definition) is 1. The van der Waals surface area contributed by atoms with Crippen LogP contribution in [0.25, 0.3) is 10.6 Å². The van der Waals surface area contributed by atoms with Gasteiger partial charge in [-0.1, -0.05) is 23.7 Å². The van der Waals surface area contributed by atoms with Crippen molar-refractivity contribution >= 4 is 29.2 Å². The second kappa shape index (κ2) is 8.94. The molecule has 0 spiro atoms. The highest BCUT2D eigenvalue weighted by atomic mass is 35.5. The van der Waals surface area contributed by atoms with E-state index in [2.05, 4.69) is 9.98 Å². The Morgan fingerprint density at radius 3 is 2.52 bits per heavy atom. The fourth-order valence-corrected chi connectivity index (χ4v) is 3.74. The molecule has 0 radical (unpaired) electrons. The van der Waals surface area contributed by atoms with Gasteiger partial charge in [0.25, 0.3) is 0 Å². The predicted molar refractivity (Wildman–Crippen MR) is 108 cm³/mol. The third kappa shape index (κ3) is 5.14. The Hall–Kier alpha value is -2.42. The zero-order valence-corrected chi connectivity index (χ0v) is 16.8. The Kier molecular flexibility index (Phi) is 6.56. The summed E-state index contributed by atoms with van der Waals surface area (Å²) >= 11 is 7.43. The van der Waals surface area contributed by atoms with Gasteiger partial charge in [-0.05, 0) is 30.3 Å². The molecule has 0 atom stereocenters. The van der Waals surface area contributed by atoms with Crippen molar-refractivity contribution in [2.75, 3.05) is 7.05 Å². The summed E-state index contributed by atoms with van der Waals surface area (Å²) in [5.74, 6) is 0.539. The van der Waals surface area contributed by atoms with Crippen LogP contribution in [0.15, 0.2) is 47.5 Å². The lowest BCUT2D eigenvalue weighted by Gasteiger charge is -2.07. The van der Waals surface area contributed by atoms with E-state index >= 15 is 0 Å². The third-order valence-electron chi connectivity index (χ3n) is 4.00. The molecule has 3 rings (SSSR count). The molecule has 9 heteroatoms. The minimum Gasteiger partial charge on any atom is -0.488 e. The smallest absolute Gasteiger partial charge is 0.416 e. The summed E-state index contributed by atoms with van der Waals surface area (Å²) in [5.41, 5.74) is 0.998. The summed E-state index contributed by atoms with van der Waals surface area (Å²) in [7, 11) is 1.65.